The Morgan fingerprint density at radius 2 is 1.89 bits per heavy atom. The molecular weight excluding hydrogens is 114 g/mol. The third-order valence-electron chi connectivity index (χ3n) is 2.22. The van der Waals surface area contributed by atoms with Gasteiger partial charge in [0.15, 0.2) is 0 Å². The second-order valence-electron chi connectivity index (χ2n) is 2.86. The van der Waals surface area contributed by atoms with Gasteiger partial charge >= 0.3 is 0 Å². The monoisotopic (exact) mass is 127 g/mol. The first-order valence-corrected chi connectivity index (χ1v) is 3.82. The molecule has 0 bridgehead atoms. The highest BCUT2D eigenvalue weighted by Crippen LogP contribution is 2.20. The van der Waals surface area contributed by atoms with Gasteiger partial charge in [0.1, 0.15) is 6.23 Å². The van der Waals surface area contributed by atoms with Gasteiger partial charge in [0.2, 0.25) is 0 Å². The van der Waals surface area contributed by atoms with Gasteiger partial charge in [-0.05, 0) is 12.8 Å². The van der Waals surface area contributed by atoms with E-state index < -0.39 is 0 Å². The highest BCUT2D eigenvalue weighted by atomic mass is 16.5. The topological polar surface area (TPSA) is 12.5 Å². The molecule has 2 aliphatic heterocycles. The molecule has 2 heterocycles. The Morgan fingerprint density at radius 3 is 2.33 bits per heavy atom. The second kappa shape index (κ2) is 2.27. The van der Waals surface area contributed by atoms with Crippen molar-refractivity contribution in [2.45, 2.75) is 25.5 Å². The molecule has 0 aromatic rings. The second-order valence-corrected chi connectivity index (χ2v) is 2.86. The van der Waals surface area contributed by atoms with E-state index in [-0.39, 0.29) is 0 Å². The minimum Gasteiger partial charge on any atom is -0.363 e. The first-order chi connectivity index (χ1) is 4.47. The Hall–Kier alpha value is -0.0800. The lowest BCUT2D eigenvalue weighted by Gasteiger charge is -2.34. The van der Waals surface area contributed by atoms with Crippen LogP contribution in [-0.2, 0) is 4.74 Å². The summed E-state index contributed by atoms with van der Waals surface area (Å²) in [4.78, 5) is 2.45. The van der Waals surface area contributed by atoms with Crippen molar-refractivity contribution in [2.75, 3.05) is 19.7 Å². The predicted molar refractivity (Wildman–Crippen MR) is 35.2 cm³/mol. The van der Waals surface area contributed by atoms with Crippen LogP contribution in [0.5, 0.6) is 0 Å². The van der Waals surface area contributed by atoms with Crippen LogP contribution in [0, 0.1) is 0 Å². The molecule has 0 aliphatic carbocycles. The Bertz CT molecular complexity index is 95.1. The zero-order valence-corrected chi connectivity index (χ0v) is 5.68. The normalized spacial score (nSPS) is 36.7. The number of ether oxygens (including phenoxy) is 1. The van der Waals surface area contributed by atoms with E-state index in [9.17, 15) is 0 Å². The lowest BCUT2D eigenvalue weighted by Crippen LogP contribution is -2.42. The van der Waals surface area contributed by atoms with Crippen molar-refractivity contribution in [3.63, 3.8) is 0 Å². The fourth-order valence-corrected chi connectivity index (χ4v) is 1.54. The van der Waals surface area contributed by atoms with Crippen LogP contribution in [0.3, 0.4) is 0 Å². The van der Waals surface area contributed by atoms with Crippen molar-refractivity contribution < 1.29 is 4.74 Å². The zero-order valence-electron chi connectivity index (χ0n) is 5.68. The first kappa shape index (κ1) is 5.69. The Kier molecular flexibility index (Phi) is 1.44. The molecular formula is C7H13NO. The molecule has 9 heavy (non-hydrogen) atoms. The van der Waals surface area contributed by atoms with Crippen LogP contribution in [0.1, 0.15) is 19.3 Å². The highest BCUT2D eigenvalue weighted by Gasteiger charge is 2.27. The molecule has 0 spiro atoms. The van der Waals surface area contributed by atoms with Crippen molar-refractivity contribution in [1.82, 2.24) is 4.90 Å². The largest absolute Gasteiger partial charge is 0.363 e. The highest BCUT2D eigenvalue weighted by molar-refractivity contribution is 4.73. The van der Waals surface area contributed by atoms with E-state index in [1.54, 1.807) is 0 Å². The molecule has 0 aromatic carbocycles. The third kappa shape index (κ3) is 0.970. The molecule has 0 aromatic heterocycles. The molecule has 2 aliphatic rings. The van der Waals surface area contributed by atoms with E-state index >= 15 is 0 Å². The maximum atomic E-state index is 5.34. The van der Waals surface area contributed by atoms with E-state index in [1.807, 2.05) is 0 Å². The summed E-state index contributed by atoms with van der Waals surface area (Å²) < 4.78 is 5.34. The molecule has 0 N–H and O–H groups in total. The molecule has 0 radical (unpaired) electrons. The standard InChI is InChI=1S/C7H13NO/c1-2-5-8(4-1)7-3-6-9-7/h7H,1-6H2. The van der Waals surface area contributed by atoms with Crippen molar-refractivity contribution in [2.24, 2.45) is 0 Å². The van der Waals surface area contributed by atoms with Crippen molar-refractivity contribution >= 4 is 0 Å². The van der Waals surface area contributed by atoms with Crippen LogP contribution >= 0.6 is 0 Å². The van der Waals surface area contributed by atoms with Gasteiger partial charge in [0.05, 0.1) is 6.61 Å². The summed E-state index contributed by atoms with van der Waals surface area (Å²) in [6.45, 7) is 3.52. The fourth-order valence-electron chi connectivity index (χ4n) is 1.54. The van der Waals surface area contributed by atoms with E-state index in [0.29, 0.717) is 6.23 Å². The molecule has 2 fully saturated rings. The number of nitrogens with zero attached hydrogens (tertiary/aromatic N) is 1. The minimum absolute atomic E-state index is 0.507. The summed E-state index contributed by atoms with van der Waals surface area (Å²) in [5, 5.41) is 0. The summed E-state index contributed by atoms with van der Waals surface area (Å²) in [5.41, 5.74) is 0. The molecule has 2 rings (SSSR count). The molecule has 0 saturated carbocycles. The van der Waals surface area contributed by atoms with Crippen LogP contribution in [0.4, 0.5) is 0 Å². The first-order valence-electron chi connectivity index (χ1n) is 3.82. The Morgan fingerprint density at radius 1 is 1.22 bits per heavy atom. The van der Waals surface area contributed by atoms with Crippen LogP contribution < -0.4 is 0 Å². The molecule has 2 heteroatoms. The molecule has 1 atom stereocenters. The third-order valence-corrected chi connectivity index (χ3v) is 2.22. The molecule has 52 valence electrons. The SMILES string of the molecule is C1CCN(C2CCO2)C1. The van der Waals surface area contributed by atoms with Gasteiger partial charge in [-0.1, -0.05) is 0 Å². The van der Waals surface area contributed by atoms with Gasteiger partial charge < -0.3 is 4.74 Å². The van der Waals surface area contributed by atoms with Gasteiger partial charge in [-0.3, -0.25) is 4.90 Å². The van der Waals surface area contributed by atoms with Gasteiger partial charge in [-0.2, -0.15) is 0 Å². The quantitative estimate of drug-likeness (QED) is 0.517. The van der Waals surface area contributed by atoms with E-state index in [1.165, 1.54) is 32.4 Å². The smallest absolute Gasteiger partial charge is 0.112 e. The summed E-state index contributed by atoms with van der Waals surface area (Å²) >= 11 is 0. The minimum atomic E-state index is 0.507. The van der Waals surface area contributed by atoms with Gasteiger partial charge in [0, 0.05) is 19.5 Å². The summed E-state index contributed by atoms with van der Waals surface area (Å²) in [7, 11) is 0. The fraction of sp³-hybridized carbons (Fsp3) is 1.00. The van der Waals surface area contributed by atoms with Crippen molar-refractivity contribution in [1.29, 1.82) is 0 Å². The van der Waals surface area contributed by atoms with Crippen LogP contribution in [0.25, 0.3) is 0 Å². The number of likely N-dealkylation sites (tertiary alicyclic amines) is 1. The van der Waals surface area contributed by atoms with Gasteiger partial charge in [0.25, 0.3) is 0 Å². The van der Waals surface area contributed by atoms with Crippen molar-refractivity contribution in [3.8, 4) is 0 Å². The van der Waals surface area contributed by atoms with Crippen LogP contribution in [0.15, 0.2) is 0 Å². The molecule has 0 amide bonds. The maximum absolute atomic E-state index is 5.34. The van der Waals surface area contributed by atoms with Gasteiger partial charge in [-0.15, -0.1) is 0 Å². The average molecular weight is 127 g/mol. The van der Waals surface area contributed by atoms with Crippen LogP contribution in [0.2, 0.25) is 0 Å². The zero-order chi connectivity index (χ0) is 6.10. The molecule has 2 nitrogen and oxygen atoms in total. The molecule has 1 unspecified atom stereocenters. The van der Waals surface area contributed by atoms with E-state index in [0.717, 1.165) is 6.61 Å². The van der Waals surface area contributed by atoms with Crippen molar-refractivity contribution in [3.05, 3.63) is 0 Å². The summed E-state index contributed by atoms with van der Waals surface area (Å²) in [5.74, 6) is 0. The summed E-state index contributed by atoms with van der Waals surface area (Å²) in [6.07, 6.45) is 4.52. The Balaban J connectivity index is 1.82. The lowest BCUT2D eigenvalue weighted by molar-refractivity contribution is -0.136. The number of rotatable bonds is 1. The number of hydrogen-bond donors (Lipinski definition) is 0. The molecule has 2 saturated heterocycles. The Labute approximate surface area is 55.8 Å². The number of hydrogen-bond acceptors (Lipinski definition) is 2. The summed E-state index contributed by atoms with van der Waals surface area (Å²) in [6, 6.07) is 0. The van der Waals surface area contributed by atoms with E-state index in [2.05, 4.69) is 4.90 Å². The van der Waals surface area contributed by atoms with E-state index in [4.69, 9.17) is 4.74 Å². The average Bonchev–Trinajstić information content (AvgIpc) is 2.11. The lowest BCUT2D eigenvalue weighted by atomic mass is 10.3. The van der Waals surface area contributed by atoms with Crippen LogP contribution in [-0.4, -0.2) is 30.8 Å². The maximum Gasteiger partial charge on any atom is 0.112 e. The van der Waals surface area contributed by atoms with Gasteiger partial charge in [-0.25, -0.2) is 0 Å². The predicted octanol–water partition coefficient (Wildman–Crippen LogP) is 0.829.